The molecule has 5 nitrogen and oxygen atoms in total. The summed E-state index contributed by atoms with van der Waals surface area (Å²) in [5.74, 6) is 0. The first-order valence-electron chi connectivity index (χ1n) is 4.89. The Labute approximate surface area is 93.2 Å². The van der Waals surface area contributed by atoms with Gasteiger partial charge in [-0.15, -0.1) is 0 Å². The van der Waals surface area contributed by atoms with Crippen LogP contribution in [0, 0.1) is 0 Å². The van der Waals surface area contributed by atoms with Gasteiger partial charge in [-0.2, -0.15) is 0 Å². The van der Waals surface area contributed by atoms with Gasteiger partial charge < -0.3 is 25.3 Å². The van der Waals surface area contributed by atoms with Crippen molar-refractivity contribution in [2.75, 3.05) is 0 Å². The molecule has 0 fully saturated rings. The first-order chi connectivity index (χ1) is 6.40. The summed E-state index contributed by atoms with van der Waals surface area (Å²) in [7, 11) is -2.97. The molecule has 0 rings (SSSR count). The Morgan fingerprint density at radius 3 is 1.33 bits per heavy atom. The molecule has 15 heavy (non-hydrogen) atoms. The van der Waals surface area contributed by atoms with E-state index < -0.39 is 27.3 Å². The molecule has 1 unspecified atom stereocenters. The molecule has 0 amide bonds. The largest absolute Gasteiger partial charge is 0.631 e. The molecule has 5 N–H and O–H groups in total. The predicted molar refractivity (Wildman–Crippen MR) is 63.0 cm³/mol. The summed E-state index contributed by atoms with van der Waals surface area (Å²) >= 11 is 0. The van der Waals surface area contributed by atoms with Crippen molar-refractivity contribution >= 4 is 16.1 Å². The van der Waals surface area contributed by atoms with E-state index in [0.29, 0.717) is 0 Å². The van der Waals surface area contributed by atoms with Crippen LogP contribution in [0.3, 0.4) is 0 Å². The molecule has 0 spiro atoms. The second-order valence-electron chi connectivity index (χ2n) is 4.78. The van der Waals surface area contributed by atoms with E-state index in [9.17, 15) is 10.2 Å². The van der Waals surface area contributed by atoms with E-state index in [0.717, 1.165) is 6.04 Å². The van der Waals surface area contributed by atoms with Crippen LogP contribution >= 0.6 is 0 Å². The average Bonchev–Trinajstić information content (AvgIpc) is 1.78. The molecule has 7 heteroatoms. The van der Waals surface area contributed by atoms with Crippen LogP contribution in [-0.2, 0) is 0 Å². The van der Waals surface area contributed by atoms with Gasteiger partial charge in [-0.1, -0.05) is 13.1 Å². The highest BCUT2D eigenvalue weighted by atomic mass is 28.3. The number of rotatable bonds is 3. The highest BCUT2D eigenvalue weighted by Crippen LogP contribution is 2.26. The van der Waals surface area contributed by atoms with Gasteiger partial charge in [0.15, 0.2) is 0 Å². The third kappa shape index (κ3) is 10.4. The van der Waals surface area contributed by atoms with Crippen molar-refractivity contribution in [1.29, 1.82) is 0 Å². The molecule has 0 aliphatic heterocycles. The second-order valence-corrected chi connectivity index (χ2v) is 7.97. The van der Waals surface area contributed by atoms with Crippen molar-refractivity contribution < 1.29 is 25.3 Å². The third-order valence-corrected chi connectivity index (χ3v) is 3.74. The molecular weight excluding hydrogens is 215 g/mol. The Kier molecular flexibility index (Phi) is 7.71. The maximum Gasteiger partial charge on any atom is 0.631 e. The average molecular weight is 238 g/mol. The second kappa shape index (κ2) is 6.62. The van der Waals surface area contributed by atoms with Gasteiger partial charge in [-0.25, -0.2) is 0 Å². The lowest BCUT2D eigenvalue weighted by Gasteiger charge is -2.36. The first kappa shape index (κ1) is 17.5. The van der Waals surface area contributed by atoms with E-state index in [1.54, 1.807) is 20.8 Å². The molecule has 0 radical (unpaired) electrons. The fourth-order valence-electron chi connectivity index (χ4n) is 1.04. The highest BCUT2D eigenvalue weighted by Gasteiger charge is 2.37. The number of hydrogen-bond donors (Lipinski definition) is 5. The van der Waals surface area contributed by atoms with E-state index in [1.165, 1.54) is 0 Å². The zero-order valence-corrected chi connectivity index (χ0v) is 11.3. The van der Waals surface area contributed by atoms with Crippen molar-refractivity contribution in [3.63, 3.8) is 0 Å². The smallest absolute Gasteiger partial charge is 0.402 e. The van der Waals surface area contributed by atoms with E-state index in [1.807, 2.05) is 0 Å². The van der Waals surface area contributed by atoms with Crippen molar-refractivity contribution in [3.05, 3.63) is 0 Å². The van der Waals surface area contributed by atoms with Gasteiger partial charge in [0.05, 0.1) is 11.2 Å². The summed E-state index contributed by atoms with van der Waals surface area (Å²) in [4.78, 5) is 0. The van der Waals surface area contributed by atoms with E-state index in [2.05, 4.69) is 13.1 Å². The minimum absolute atomic E-state index is 0.760. The Morgan fingerprint density at radius 1 is 1.00 bits per heavy atom. The lowest BCUT2D eigenvalue weighted by atomic mass is 9.90. The van der Waals surface area contributed by atoms with Crippen LogP contribution in [0.1, 0.15) is 20.8 Å². The lowest BCUT2D eigenvalue weighted by molar-refractivity contribution is -0.107. The Hall–Kier alpha value is 0.0818. The molecular formula is C8H23BO5Si. The zero-order chi connectivity index (χ0) is 12.9. The van der Waals surface area contributed by atoms with Crippen LogP contribution in [0.5, 0.6) is 0 Å². The topological polar surface area (TPSA) is 101 Å². The van der Waals surface area contributed by atoms with Gasteiger partial charge in [0.2, 0.25) is 0 Å². The predicted octanol–water partition coefficient (Wildman–Crippen LogP) is -1.06. The molecule has 0 heterocycles. The summed E-state index contributed by atoms with van der Waals surface area (Å²) in [5, 5.41) is 40.9. The highest BCUT2D eigenvalue weighted by molar-refractivity contribution is 6.56. The van der Waals surface area contributed by atoms with Crippen molar-refractivity contribution in [3.8, 4) is 0 Å². The van der Waals surface area contributed by atoms with Gasteiger partial charge >= 0.3 is 7.32 Å². The molecule has 0 aromatic carbocycles. The summed E-state index contributed by atoms with van der Waals surface area (Å²) in [6.07, 6.45) is 0. The monoisotopic (exact) mass is 238 g/mol. The summed E-state index contributed by atoms with van der Waals surface area (Å²) in [6.45, 7) is 9.36. The van der Waals surface area contributed by atoms with E-state index >= 15 is 0 Å². The molecule has 0 aromatic heterocycles. The summed E-state index contributed by atoms with van der Waals surface area (Å²) in [5.41, 5.74) is -1.91. The van der Waals surface area contributed by atoms with Crippen LogP contribution in [0.4, 0.5) is 0 Å². The first-order valence-corrected chi connectivity index (χ1v) is 8.01. The fraction of sp³-hybridized carbons (Fsp3) is 1.00. The fourth-order valence-corrected chi connectivity index (χ4v) is 3.13. The maximum absolute atomic E-state index is 9.81. The van der Waals surface area contributed by atoms with Gasteiger partial charge in [0.25, 0.3) is 0 Å². The number of hydrogen-bond acceptors (Lipinski definition) is 5. The SMILES string of the molecule is C[SiH](C)CC(C)(O)C(C)(C)O.OB(O)O. The minimum atomic E-state index is -2.17. The van der Waals surface area contributed by atoms with Crippen molar-refractivity contribution in [2.24, 2.45) is 0 Å². The van der Waals surface area contributed by atoms with Crippen LogP contribution < -0.4 is 0 Å². The van der Waals surface area contributed by atoms with Gasteiger partial charge in [0, 0.05) is 8.80 Å². The number of aliphatic hydroxyl groups is 2. The van der Waals surface area contributed by atoms with Crippen LogP contribution in [-0.4, -0.2) is 52.6 Å². The van der Waals surface area contributed by atoms with E-state index in [-0.39, 0.29) is 0 Å². The van der Waals surface area contributed by atoms with Gasteiger partial charge in [-0.3, -0.25) is 0 Å². The standard InChI is InChI=1S/C8H20O2Si.BH3O3/c1-7(2,9)8(3,10)6-11(4)5;2-1(3)4/h9-11H,6H2,1-5H3;2-4H. The van der Waals surface area contributed by atoms with Crippen LogP contribution in [0.25, 0.3) is 0 Å². The molecule has 0 aliphatic rings. The van der Waals surface area contributed by atoms with Crippen LogP contribution in [0.15, 0.2) is 0 Å². The molecule has 0 saturated heterocycles. The minimum Gasteiger partial charge on any atom is -0.402 e. The molecule has 0 aliphatic carbocycles. The Bertz CT molecular complexity index is 164. The third-order valence-electron chi connectivity index (χ3n) is 2.12. The van der Waals surface area contributed by atoms with Crippen molar-refractivity contribution in [2.45, 2.75) is 51.1 Å². The summed E-state index contributed by atoms with van der Waals surface area (Å²) < 4.78 is 0. The maximum atomic E-state index is 9.81. The zero-order valence-electron chi connectivity index (χ0n) is 10.1. The normalized spacial score (nSPS) is 15.4. The van der Waals surface area contributed by atoms with Gasteiger partial charge in [-0.05, 0) is 26.8 Å². The molecule has 0 saturated carbocycles. The lowest BCUT2D eigenvalue weighted by Crippen LogP contribution is -2.49. The van der Waals surface area contributed by atoms with E-state index in [4.69, 9.17) is 15.1 Å². The van der Waals surface area contributed by atoms with Crippen molar-refractivity contribution in [1.82, 2.24) is 0 Å². The molecule has 1 atom stereocenters. The quantitative estimate of drug-likeness (QED) is 0.404. The Morgan fingerprint density at radius 2 is 1.27 bits per heavy atom. The van der Waals surface area contributed by atoms with Crippen LogP contribution in [0.2, 0.25) is 19.1 Å². The molecule has 0 aromatic rings. The Balaban J connectivity index is 0. The van der Waals surface area contributed by atoms with Gasteiger partial charge in [0.1, 0.15) is 0 Å². The molecule has 0 bridgehead atoms. The molecule has 92 valence electrons. The summed E-state index contributed by atoms with van der Waals surface area (Å²) in [6, 6.07) is 0.760.